The van der Waals surface area contributed by atoms with Crippen LogP contribution in [-0.4, -0.2) is 5.78 Å². The first-order chi connectivity index (χ1) is 12.8. The summed E-state index contributed by atoms with van der Waals surface area (Å²) in [5.41, 5.74) is 1.98. The van der Waals surface area contributed by atoms with Crippen molar-refractivity contribution in [1.29, 1.82) is 0 Å². The molecular weight excluding hydrogens is 320 g/mol. The van der Waals surface area contributed by atoms with E-state index in [1.807, 2.05) is 42.5 Å². The Balaban J connectivity index is 1.31. The van der Waals surface area contributed by atoms with E-state index in [1.54, 1.807) is 0 Å². The minimum absolute atomic E-state index is 0.257. The van der Waals surface area contributed by atoms with Crippen molar-refractivity contribution in [2.45, 2.75) is 38.7 Å². The van der Waals surface area contributed by atoms with E-state index in [1.165, 1.54) is 32.1 Å². The predicted molar refractivity (Wildman–Crippen MR) is 102 cm³/mol. The maximum absolute atomic E-state index is 13.3. The highest BCUT2D eigenvalue weighted by Gasteiger charge is 2.50. The Bertz CT molecular complexity index is 767. The molecule has 0 atom stereocenters. The second-order valence-corrected chi connectivity index (χ2v) is 8.62. The van der Waals surface area contributed by atoms with Gasteiger partial charge in [0.25, 0.3) is 0 Å². The summed E-state index contributed by atoms with van der Waals surface area (Å²) in [6.07, 6.45) is 6.57. The van der Waals surface area contributed by atoms with Crippen molar-refractivity contribution in [2.75, 3.05) is 0 Å². The molecule has 0 heterocycles. The van der Waals surface area contributed by atoms with Crippen LogP contribution in [0.2, 0.25) is 0 Å². The topological polar surface area (TPSA) is 26.3 Å². The number of ether oxygens (including phenoxy) is 1. The van der Waals surface area contributed by atoms with Crippen LogP contribution in [0, 0.1) is 29.6 Å². The molecule has 4 aliphatic carbocycles. The number of carbonyl (C=O) groups is 1. The Kier molecular flexibility index (Phi) is 4.07. The summed E-state index contributed by atoms with van der Waals surface area (Å²) in [4.78, 5) is 13.3. The highest BCUT2D eigenvalue weighted by Crippen LogP contribution is 2.57. The average Bonchev–Trinajstić information content (AvgIpc) is 2.66. The lowest BCUT2D eigenvalue weighted by Gasteiger charge is -2.53. The molecule has 0 N–H and O–H groups in total. The maximum Gasteiger partial charge on any atom is 0.166 e. The van der Waals surface area contributed by atoms with Gasteiger partial charge in [-0.1, -0.05) is 42.5 Å². The van der Waals surface area contributed by atoms with Crippen LogP contribution in [0.25, 0.3) is 0 Å². The molecule has 0 aliphatic heterocycles. The Hall–Kier alpha value is -2.09. The van der Waals surface area contributed by atoms with Crippen LogP contribution in [0.1, 0.15) is 48.0 Å². The van der Waals surface area contributed by atoms with E-state index in [2.05, 4.69) is 12.1 Å². The minimum atomic E-state index is 0.257. The summed E-state index contributed by atoms with van der Waals surface area (Å²) in [6, 6.07) is 18.0. The SMILES string of the molecule is O=C(c1cccc(OCc2ccccc2)c1)C1C2CC3CC(C2)CC1C3. The zero-order valence-electron chi connectivity index (χ0n) is 15.1. The average molecular weight is 346 g/mol. The van der Waals surface area contributed by atoms with Gasteiger partial charge in [0, 0.05) is 11.5 Å². The molecule has 0 amide bonds. The molecule has 4 saturated carbocycles. The summed E-state index contributed by atoms with van der Waals surface area (Å²) < 4.78 is 5.94. The Morgan fingerprint density at radius 3 is 2.23 bits per heavy atom. The molecule has 2 nitrogen and oxygen atoms in total. The largest absolute Gasteiger partial charge is 0.489 e. The van der Waals surface area contributed by atoms with Gasteiger partial charge < -0.3 is 4.74 Å². The lowest BCUT2D eigenvalue weighted by Crippen LogP contribution is -2.48. The number of rotatable bonds is 5. The van der Waals surface area contributed by atoms with Crippen molar-refractivity contribution in [2.24, 2.45) is 29.6 Å². The first-order valence-electron chi connectivity index (χ1n) is 10.1. The quantitative estimate of drug-likeness (QED) is 0.666. The third kappa shape index (κ3) is 2.96. The van der Waals surface area contributed by atoms with Gasteiger partial charge >= 0.3 is 0 Å². The molecule has 0 spiro atoms. The first-order valence-corrected chi connectivity index (χ1v) is 10.1. The molecule has 0 saturated heterocycles. The molecular formula is C24H26O2. The molecule has 134 valence electrons. The number of benzene rings is 2. The molecule has 2 aromatic rings. The molecule has 0 aromatic heterocycles. The van der Waals surface area contributed by atoms with Gasteiger partial charge in [-0.2, -0.15) is 0 Å². The van der Waals surface area contributed by atoms with Gasteiger partial charge in [0.1, 0.15) is 12.4 Å². The summed E-state index contributed by atoms with van der Waals surface area (Å²) in [7, 11) is 0. The summed E-state index contributed by atoms with van der Waals surface area (Å²) in [5, 5.41) is 0. The molecule has 4 fully saturated rings. The lowest BCUT2D eigenvalue weighted by molar-refractivity contribution is -0.0251. The highest BCUT2D eigenvalue weighted by atomic mass is 16.5. The zero-order valence-corrected chi connectivity index (χ0v) is 15.1. The normalized spacial score (nSPS) is 31.8. The van der Waals surface area contributed by atoms with E-state index >= 15 is 0 Å². The van der Waals surface area contributed by atoms with Gasteiger partial charge in [-0.3, -0.25) is 4.79 Å². The van der Waals surface area contributed by atoms with Crippen LogP contribution in [0.5, 0.6) is 5.75 Å². The number of ketones is 1. The van der Waals surface area contributed by atoms with Crippen LogP contribution >= 0.6 is 0 Å². The van der Waals surface area contributed by atoms with Crippen molar-refractivity contribution >= 4 is 5.78 Å². The molecule has 2 heteroatoms. The number of carbonyl (C=O) groups excluding carboxylic acids is 1. The van der Waals surface area contributed by atoms with Gasteiger partial charge in [0.05, 0.1) is 0 Å². The summed E-state index contributed by atoms with van der Waals surface area (Å²) >= 11 is 0. The van der Waals surface area contributed by atoms with E-state index < -0.39 is 0 Å². The number of hydrogen-bond donors (Lipinski definition) is 0. The van der Waals surface area contributed by atoms with Crippen molar-refractivity contribution in [3.8, 4) is 5.75 Å². The van der Waals surface area contributed by atoms with Gasteiger partial charge in [0.15, 0.2) is 5.78 Å². The smallest absolute Gasteiger partial charge is 0.166 e. The van der Waals surface area contributed by atoms with Crippen LogP contribution in [-0.2, 0) is 6.61 Å². The monoisotopic (exact) mass is 346 g/mol. The Morgan fingerprint density at radius 1 is 0.846 bits per heavy atom. The van der Waals surface area contributed by atoms with E-state index in [0.29, 0.717) is 24.2 Å². The van der Waals surface area contributed by atoms with Crippen molar-refractivity contribution in [3.05, 3.63) is 65.7 Å². The lowest BCUT2D eigenvalue weighted by atomic mass is 9.51. The fraction of sp³-hybridized carbons (Fsp3) is 0.458. The summed E-state index contributed by atoms with van der Waals surface area (Å²) in [5.74, 6) is 4.49. The van der Waals surface area contributed by atoms with Crippen LogP contribution in [0.3, 0.4) is 0 Å². The second kappa shape index (κ2) is 6.57. The minimum Gasteiger partial charge on any atom is -0.489 e. The third-order valence-electron chi connectivity index (χ3n) is 6.90. The molecule has 26 heavy (non-hydrogen) atoms. The standard InChI is InChI=1S/C24H26O2/c25-24(23-20-10-17-9-18(12-20)13-21(23)11-17)19-7-4-8-22(14-19)26-15-16-5-2-1-3-6-16/h1-8,14,17-18,20-21,23H,9-13,15H2. The molecule has 6 rings (SSSR count). The molecule has 0 radical (unpaired) electrons. The van der Waals surface area contributed by atoms with E-state index in [-0.39, 0.29) is 5.92 Å². The fourth-order valence-electron chi connectivity index (χ4n) is 6.03. The molecule has 2 aromatic carbocycles. The van der Waals surface area contributed by atoms with Crippen LogP contribution < -0.4 is 4.74 Å². The molecule has 0 unspecified atom stereocenters. The van der Waals surface area contributed by atoms with E-state index in [9.17, 15) is 4.79 Å². The Labute approximate surface area is 155 Å². The van der Waals surface area contributed by atoms with Crippen molar-refractivity contribution in [3.63, 3.8) is 0 Å². The number of Topliss-reactive ketones (excluding diaryl/α,β-unsaturated/α-hetero) is 1. The highest BCUT2D eigenvalue weighted by molar-refractivity contribution is 5.98. The van der Waals surface area contributed by atoms with Gasteiger partial charge in [0.2, 0.25) is 0 Å². The second-order valence-electron chi connectivity index (χ2n) is 8.62. The zero-order chi connectivity index (χ0) is 17.5. The van der Waals surface area contributed by atoms with E-state index in [4.69, 9.17) is 4.74 Å². The fourth-order valence-corrected chi connectivity index (χ4v) is 6.03. The van der Waals surface area contributed by atoms with E-state index in [0.717, 1.165) is 28.7 Å². The number of hydrogen-bond acceptors (Lipinski definition) is 2. The van der Waals surface area contributed by atoms with Crippen LogP contribution in [0.4, 0.5) is 0 Å². The van der Waals surface area contributed by atoms with Crippen molar-refractivity contribution < 1.29 is 9.53 Å². The Morgan fingerprint density at radius 2 is 1.54 bits per heavy atom. The summed E-state index contributed by atoms with van der Waals surface area (Å²) in [6.45, 7) is 0.538. The maximum atomic E-state index is 13.3. The molecule has 4 aliphatic rings. The van der Waals surface area contributed by atoms with Gasteiger partial charge in [-0.05, 0) is 73.5 Å². The molecule has 4 bridgehead atoms. The third-order valence-corrected chi connectivity index (χ3v) is 6.90. The van der Waals surface area contributed by atoms with Gasteiger partial charge in [-0.15, -0.1) is 0 Å². The van der Waals surface area contributed by atoms with Crippen LogP contribution in [0.15, 0.2) is 54.6 Å². The predicted octanol–water partition coefficient (Wildman–Crippen LogP) is 5.52. The van der Waals surface area contributed by atoms with Crippen molar-refractivity contribution in [1.82, 2.24) is 0 Å². The first kappa shape index (κ1) is 16.1. The van der Waals surface area contributed by atoms with Gasteiger partial charge in [-0.25, -0.2) is 0 Å².